The molecule has 0 fully saturated rings. The normalized spacial score (nSPS) is 12.6. The van der Waals surface area contributed by atoms with Crippen LogP contribution in [0.25, 0.3) is 0 Å². The fourth-order valence-electron chi connectivity index (χ4n) is 2.75. The molecule has 1 N–H and O–H groups in total. The maximum atomic E-state index is 13.9. The van der Waals surface area contributed by atoms with Crippen LogP contribution in [0.2, 0.25) is 0 Å². The zero-order valence-corrected chi connectivity index (χ0v) is 16.6. The molecule has 0 radical (unpaired) electrons. The average Bonchev–Trinajstić information content (AvgIpc) is 2.53. The van der Waals surface area contributed by atoms with Gasteiger partial charge in [-0.15, -0.1) is 0 Å². The van der Waals surface area contributed by atoms with Gasteiger partial charge in [0.2, 0.25) is 10.0 Å². The standard InChI is InChI=1S/C18H22NO5PS/c1-18(2,3)19(17(20)21)26(23,24)14-25(22,15-10-6-4-7-11-15)16-12-8-5-9-13-16/h4-13H,14H2,1-3H3,(H,20,21). The molecule has 0 aliphatic carbocycles. The Morgan fingerprint density at radius 3 is 1.65 bits per heavy atom. The van der Waals surface area contributed by atoms with Crippen molar-refractivity contribution in [2.45, 2.75) is 26.3 Å². The molecule has 0 unspecified atom stereocenters. The predicted octanol–water partition coefficient (Wildman–Crippen LogP) is 3.07. The molecule has 6 nitrogen and oxygen atoms in total. The van der Waals surface area contributed by atoms with E-state index >= 15 is 0 Å². The van der Waals surface area contributed by atoms with Gasteiger partial charge in [0.05, 0.1) is 5.54 Å². The zero-order chi connectivity index (χ0) is 19.6. The summed E-state index contributed by atoms with van der Waals surface area (Å²) in [5.74, 6) is 0. The Hall–Kier alpha value is -2.11. The average molecular weight is 395 g/mol. The molecule has 0 bridgehead atoms. The van der Waals surface area contributed by atoms with E-state index in [0.717, 1.165) is 0 Å². The fraction of sp³-hybridized carbons (Fsp3) is 0.278. The van der Waals surface area contributed by atoms with Crippen LogP contribution in [0.15, 0.2) is 60.7 Å². The minimum absolute atomic E-state index is 0.369. The Balaban J connectivity index is 2.62. The van der Waals surface area contributed by atoms with Gasteiger partial charge in [-0.05, 0) is 20.8 Å². The lowest BCUT2D eigenvalue weighted by molar-refractivity contribution is 0.146. The fourth-order valence-corrected chi connectivity index (χ4v) is 8.92. The van der Waals surface area contributed by atoms with Crippen LogP contribution in [0, 0.1) is 0 Å². The Morgan fingerprint density at radius 1 is 0.962 bits per heavy atom. The number of rotatable bonds is 5. The topological polar surface area (TPSA) is 91.8 Å². The summed E-state index contributed by atoms with van der Waals surface area (Å²) >= 11 is 0. The predicted molar refractivity (Wildman–Crippen MR) is 103 cm³/mol. The summed E-state index contributed by atoms with van der Waals surface area (Å²) in [5, 5.41) is 10.2. The highest BCUT2D eigenvalue weighted by Crippen LogP contribution is 2.45. The van der Waals surface area contributed by atoms with E-state index in [-0.39, 0.29) is 0 Å². The number of hydrogen-bond acceptors (Lipinski definition) is 4. The lowest BCUT2D eigenvalue weighted by Gasteiger charge is -2.33. The van der Waals surface area contributed by atoms with Gasteiger partial charge in [-0.2, -0.15) is 4.31 Å². The summed E-state index contributed by atoms with van der Waals surface area (Å²) in [6.45, 7) is 4.44. The molecular weight excluding hydrogens is 373 g/mol. The second kappa shape index (κ2) is 7.25. The number of hydrogen-bond donors (Lipinski definition) is 1. The molecule has 140 valence electrons. The largest absolute Gasteiger partial charge is 0.464 e. The van der Waals surface area contributed by atoms with Crippen LogP contribution in [0.1, 0.15) is 20.8 Å². The van der Waals surface area contributed by atoms with Crippen LogP contribution in [-0.2, 0) is 14.6 Å². The SMILES string of the molecule is CC(C)(C)N(C(=O)O)S(=O)(=O)CP(=O)(c1ccccc1)c1ccccc1. The number of sulfonamides is 1. The summed E-state index contributed by atoms with van der Waals surface area (Å²) < 4.78 is 40.2. The van der Waals surface area contributed by atoms with Gasteiger partial charge in [0.15, 0.2) is 7.14 Å². The minimum atomic E-state index is -4.36. The van der Waals surface area contributed by atoms with Crippen LogP contribution in [-0.4, -0.2) is 35.0 Å². The van der Waals surface area contributed by atoms with Gasteiger partial charge >= 0.3 is 6.09 Å². The highest BCUT2D eigenvalue weighted by molar-refractivity contribution is 8.01. The van der Waals surface area contributed by atoms with Crippen molar-refractivity contribution in [1.29, 1.82) is 0 Å². The molecule has 0 spiro atoms. The number of nitrogens with zero attached hydrogens (tertiary/aromatic N) is 1. The molecule has 0 aliphatic rings. The highest BCUT2D eigenvalue weighted by Gasteiger charge is 2.42. The van der Waals surface area contributed by atoms with Crippen molar-refractivity contribution in [2.75, 3.05) is 5.49 Å². The summed E-state index contributed by atoms with van der Waals surface area (Å²) in [4.78, 5) is 11.6. The van der Waals surface area contributed by atoms with Gasteiger partial charge in [-0.25, -0.2) is 13.2 Å². The number of benzene rings is 2. The van der Waals surface area contributed by atoms with E-state index in [2.05, 4.69) is 0 Å². The first-order chi connectivity index (χ1) is 12.0. The molecule has 8 heteroatoms. The number of amides is 1. The third-order valence-electron chi connectivity index (χ3n) is 3.75. The van der Waals surface area contributed by atoms with Gasteiger partial charge < -0.3 is 9.67 Å². The van der Waals surface area contributed by atoms with Crippen LogP contribution < -0.4 is 10.6 Å². The molecule has 0 aromatic heterocycles. The van der Waals surface area contributed by atoms with Crippen molar-refractivity contribution in [3.63, 3.8) is 0 Å². The van der Waals surface area contributed by atoms with E-state index in [4.69, 9.17) is 0 Å². The molecule has 1 amide bonds. The Labute approximate surface area is 153 Å². The Kier molecular flexibility index (Phi) is 5.64. The molecule has 0 aliphatic heterocycles. The molecule has 0 saturated heterocycles. The lowest BCUT2D eigenvalue weighted by atomic mass is 10.1. The summed E-state index contributed by atoms with van der Waals surface area (Å²) in [5.41, 5.74) is -1.99. The van der Waals surface area contributed by atoms with Crippen LogP contribution in [0.4, 0.5) is 4.79 Å². The van der Waals surface area contributed by atoms with E-state index in [1.54, 1.807) is 60.7 Å². The van der Waals surface area contributed by atoms with Crippen LogP contribution in [0.3, 0.4) is 0 Å². The van der Waals surface area contributed by atoms with E-state index < -0.39 is 34.3 Å². The third-order valence-corrected chi connectivity index (χ3v) is 10.0. The Bertz CT molecular complexity index is 878. The minimum Gasteiger partial charge on any atom is -0.464 e. The monoisotopic (exact) mass is 395 g/mol. The van der Waals surface area contributed by atoms with E-state index in [1.165, 1.54) is 20.8 Å². The van der Waals surface area contributed by atoms with E-state index in [1.807, 2.05) is 0 Å². The molecule has 26 heavy (non-hydrogen) atoms. The molecule has 0 heterocycles. The van der Waals surface area contributed by atoms with Crippen molar-refractivity contribution in [3.05, 3.63) is 60.7 Å². The zero-order valence-electron chi connectivity index (χ0n) is 14.9. The second-order valence-corrected chi connectivity index (χ2v) is 11.9. The van der Waals surface area contributed by atoms with Crippen molar-refractivity contribution in [1.82, 2.24) is 4.31 Å². The van der Waals surface area contributed by atoms with Gasteiger partial charge in [0, 0.05) is 10.6 Å². The Morgan fingerprint density at radius 2 is 1.35 bits per heavy atom. The van der Waals surface area contributed by atoms with Gasteiger partial charge in [0.25, 0.3) is 0 Å². The maximum Gasteiger partial charge on any atom is 0.421 e. The molecule has 2 aromatic rings. The first-order valence-electron chi connectivity index (χ1n) is 7.95. The van der Waals surface area contributed by atoms with Gasteiger partial charge in [-0.3, -0.25) is 0 Å². The van der Waals surface area contributed by atoms with Crippen molar-refractivity contribution >= 4 is 33.9 Å². The number of carboxylic acid groups (broad SMARTS) is 1. The molecule has 2 aromatic carbocycles. The first kappa shape index (κ1) is 20.2. The number of carbonyl (C=O) groups is 1. The van der Waals surface area contributed by atoms with E-state index in [9.17, 15) is 22.9 Å². The van der Waals surface area contributed by atoms with Gasteiger partial charge in [-0.1, -0.05) is 60.7 Å². The summed E-state index contributed by atoms with van der Waals surface area (Å²) in [7, 11) is -7.96. The molecule has 0 saturated carbocycles. The summed E-state index contributed by atoms with van der Waals surface area (Å²) in [6.07, 6.45) is -1.59. The second-order valence-electron chi connectivity index (χ2n) is 6.87. The summed E-state index contributed by atoms with van der Waals surface area (Å²) in [6, 6.07) is 16.6. The molecule has 0 atom stereocenters. The van der Waals surface area contributed by atoms with Crippen LogP contribution >= 0.6 is 7.14 Å². The third kappa shape index (κ3) is 4.17. The van der Waals surface area contributed by atoms with Crippen molar-refractivity contribution in [3.8, 4) is 0 Å². The molecular formula is C18H22NO5PS. The first-order valence-corrected chi connectivity index (χ1v) is 11.4. The molecule has 2 rings (SSSR count). The van der Waals surface area contributed by atoms with Crippen LogP contribution in [0.5, 0.6) is 0 Å². The van der Waals surface area contributed by atoms with Crippen molar-refractivity contribution < 1.29 is 22.9 Å². The lowest BCUT2D eigenvalue weighted by Crippen LogP contribution is -2.50. The maximum absolute atomic E-state index is 13.9. The van der Waals surface area contributed by atoms with Crippen molar-refractivity contribution in [2.24, 2.45) is 0 Å². The van der Waals surface area contributed by atoms with E-state index in [0.29, 0.717) is 14.9 Å². The smallest absolute Gasteiger partial charge is 0.421 e. The highest BCUT2D eigenvalue weighted by atomic mass is 32.2. The quantitative estimate of drug-likeness (QED) is 0.786. The van der Waals surface area contributed by atoms with Gasteiger partial charge in [0.1, 0.15) is 5.49 Å².